The van der Waals surface area contributed by atoms with E-state index in [2.05, 4.69) is 21.4 Å². The van der Waals surface area contributed by atoms with Crippen molar-refractivity contribution in [1.82, 2.24) is 15.3 Å². The van der Waals surface area contributed by atoms with Crippen LogP contribution in [0.3, 0.4) is 0 Å². The van der Waals surface area contributed by atoms with Crippen LogP contribution in [-0.4, -0.2) is 30.2 Å². The molecule has 4 rings (SSSR count). The average molecular weight is 409 g/mol. The molecule has 29 heavy (non-hydrogen) atoms. The van der Waals surface area contributed by atoms with Gasteiger partial charge >= 0.3 is 0 Å². The molecular formula is C22H20FN3O2S. The molecule has 0 aliphatic heterocycles. The average Bonchev–Trinajstić information content (AvgIpc) is 3.19. The van der Waals surface area contributed by atoms with Crippen LogP contribution in [0.2, 0.25) is 0 Å². The molecule has 1 N–H and O–H groups in total. The fourth-order valence-corrected chi connectivity index (χ4v) is 3.89. The van der Waals surface area contributed by atoms with Crippen LogP contribution >= 0.6 is 11.3 Å². The maximum atomic E-state index is 14.0. The topological polar surface area (TPSA) is 56.3 Å². The number of pyridine rings is 2. The quantitative estimate of drug-likeness (QED) is 0.414. The summed E-state index contributed by atoms with van der Waals surface area (Å²) in [6, 6.07) is 14.1. The van der Waals surface area contributed by atoms with Crippen LogP contribution in [0, 0.1) is 5.82 Å². The number of nitrogens with zero attached hydrogens (tertiary/aromatic N) is 2. The van der Waals surface area contributed by atoms with Crippen molar-refractivity contribution < 1.29 is 13.9 Å². The molecule has 3 heterocycles. The van der Waals surface area contributed by atoms with Gasteiger partial charge < -0.3 is 14.8 Å². The third-order valence-electron chi connectivity index (χ3n) is 4.32. The van der Waals surface area contributed by atoms with E-state index >= 15 is 0 Å². The standard InChI is InChI=1S/C22H20FN3O2S/c1-27-11-10-24-13-15-6-7-17(26-14-15)21-12-18-22(29-21)20(8-9-25-18)28-19-5-3-2-4-16(19)23/h2-9,12,14,24H,10-11,13H2,1H3. The number of halogens is 1. The summed E-state index contributed by atoms with van der Waals surface area (Å²) in [5.41, 5.74) is 2.77. The smallest absolute Gasteiger partial charge is 0.165 e. The molecule has 0 aliphatic carbocycles. The number of ether oxygens (including phenoxy) is 2. The highest BCUT2D eigenvalue weighted by atomic mass is 32.1. The number of fused-ring (bicyclic) bond motifs is 1. The Morgan fingerprint density at radius 3 is 2.76 bits per heavy atom. The van der Waals surface area contributed by atoms with E-state index < -0.39 is 5.82 Å². The molecule has 3 aromatic heterocycles. The van der Waals surface area contributed by atoms with Gasteiger partial charge in [-0.2, -0.15) is 0 Å². The lowest BCUT2D eigenvalue weighted by Crippen LogP contribution is -2.18. The fraction of sp³-hybridized carbons (Fsp3) is 0.182. The Hall–Kier alpha value is -2.87. The van der Waals surface area contributed by atoms with Gasteiger partial charge in [-0.25, -0.2) is 4.39 Å². The third-order valence-corrected chi connectivity index (χ3v) is 5.48. The number of rotatable bonds is 8. The van der Waals surface area contributed by atoms with E-state index in [1.807, 2.05) is 18.3 Å². The van der Waals surface area contributed by atoms with Crippen molar-refractivity contribution in [3.05, 3.63) is 72.3 Å². The zero-order valence-corrected chi connectivity index (χ0v) is 16.7. The molecule has 0 amide bonds. The highest BCUT2D eigenvalue weighted by molar-refractivity contribution is 7.22. The summed E-state index contributed by atoms with van der Waals surface area (Å²) < 4.78 is 25.7. The number of hydrogen-bond acceptors (Lipinski definition) is 6. The maximum Gasteiger partial charge on any atom is 0.165 e. The van der Waals surface area contributed by atoms with Crippen molar-refractivity contribution >= 4 is 21.6 Å². The van der Waals surface area contributed by atoms with Crippen molar-refractivity contribution in [1.29, 1.82) is 0 Å². The van der Waals surface area contributed by atoms with Crippen LogP contribution in [0.5, 0.6) is 11.5 Å². The lowest BCUT2D eigenvalue weighted by Gasteiger charge is -2.06. The molecule has 148 valence electrons. The van der Waals surface area contributed by atoms with Crippen LogP contribution in [0.1, 0.15) is 5.56 Å². The van der Waals surface area contributed by atoms with Crippen LogP contribution in [0.25, 0.3) is 20.8 Å². The van der Waals surface area contributed by atoms with Crippen molar-refractivity contribution in [2.45, 2.75) is 6.54 Å². The van der Waals surface area contributed by atoms with Gasteiger partial charge in [0.05, 0.1) is 27.4 Å². The Morgan fingerprint density at radius 1 is 1.07 bits per heavy atom. The Labute approximate surface area is 172 Å². The zero-order valence-electron chi connectivity index (χ0n) is 15.9. The van der Waals surface area contributed by atoms with Gasteiger partial charge in [-0.05, 0) is 29.8 Å². The molecule has 0 saturated heterocycles. The van der Waals surface area contributed by atoms with Crippen LogP contribution in [0.15, 0.2) is 60.9 Å². The van der Waals surface area contributed by atoms with E-state index in [0.717, 1.165) is 39.4 Å². The van der Waals surface area contributed by atoms with Crippen molar-refractivity contribution in [2.75, 3.05) is 20.3 Å². The first-order valence-corrected chi connectivity index (χ1v) is 10.0. The molecule has 0 spiro atoms. The number of thiophene rings is 1. The highest BCUT2D eigenvalue weighted by Crippen LogP contribution is 2.38. The first-order chi connectivity index (χ1) is 14.2. The molecule has 4 aromatic rings. The number of nitrogens with one attached hydrogen (secondary N) is 1. The predicted molar refractivity (Wildman–Crippen MR) is 113 cm³/mol. The van der Waals surface area contributed by atoms with Gasteiger partial charge in [0.1, 0.15) is 5.75 Å². The second kappa shape index (κ2) is 9.09. The monoisotopic (exact) mass is 409 g/mol. The molecule has 0 saturated carbocycles. The van der Waals surface area contributed by atoms with Crippen molar-refractivity contribution in [2.24, 2.45) is 0 Å². The summed E-state index contributed by atoms with van der Waals surface area (Å²) in [6.45, 7) is 2.22. The summed E-state index contributed by atoms with van der Waals surface area (Å²) in [7, 11) is 1.69. The van der Waals surface area contributed by atoms with E-state index in [1.165, 1.54) is 17.4 Å². The number of aromatic nitrogens is 2. The van der Waals surface area contributed by atoms with Gasteiger partial charge in [-0.15, -0.1) is 11.3 Å². The van der Waals surface area contributed by atoms with E-state index in [4.69, 9.17) is 9.47 Å². The minimum Gasteiger partial charge on any atom is -0.453 e. The van der Waals surface area contributed by atoms with E-state index in [0.29, 0.717) is 12.4 Å². The summed E-state index contributed by atoms with van der Waals surface area (Å²) in [6.07, 6.45) is 3.53. The molecule has 0 aliphatic rings. The van der Waals surface area contributed by atoms with E-state index in [1.54, 1.807) is 37.6 Å². The zero-order chi connectivity index (χ0) is 20.1. The molecule has 0 fully saturated rings. The minimum atomic E-state index is -0.398. The summed E-state index contributed by atoms with van der Waals surface area (Å²) >= 11 is 1.53. The van der Waals surface area contributed by atoms with Gasteiger partial charge in [0.2, 0.25) is 0 Å². The van der Waals surface area contributed by atoms with Crippen molar-refractivity contribution in [3.63, 3.8) is 0 Å². The summed E-state index contributed by atoms with van der Waals surface area (Å²) in [5.74, 6) is 0.374. The number of methoxy groups -OCH3 is 1. The number of benzene rings is 1. The van der Waals surface area contributed by atoms with Gasteiger partial charge in [-0.1, -0.05) is 18.2 Å². The lowest BCUT2D eigenvalue weighted by molar-refractivity contribution is 0.199. The lowest BCUT2D eigenvalue weighted by atomic mass is 10.2. The number of para-hydroxylation sites is 1. The Morgan fingerprint density at radius 2 is 1.97 bits per heavy atom. The van der Waals surface area contributed by atoms with Gasteiger partial charge in [-0.3, -0.25) is 9.97 Å². The summed E-state index contributed by atoms with van der Waals surface area (Å²) in [4.78, 5) is 9.98. The Bertz CT molecular complexity index is 1100. The fourth-order valence-electron chi connectivity index (χ4n) is 2.85. The largest absolute Gasteiger partial charge is 0.453 e. The highest BCUT2D eigenvalue weighted by Gasteiger charge is 2.13. The maximum absolute atomic E-state index is 14.0. The first-order valence-electron chi connectivity index (χ1n) is 9.20. The third kappa shape index (κ3) is 4.59. The SMILES string of the molecule is COCCNCc1ccc(-c2cc3nccc(Oc4ccccc4F)c3s2)nc1. The summed E-state index contributed by atoms with van der Waals surface area (Å²) in [5, 5.41) is 3.30. The second-order valence-corrected chi connectivity index (χ2v) is 7.44. The molecule has 0 unspecified atom stereocenters. The predicted octanol–water partition coefficient (Wildman–Crippen LogP) is 5.03. The van der Waals surface area contributed by atoms with Gasteiger partial charge in [0.25, 0.3) is 0 Å². The van der Waals surface area contributed by atoms with Crippen LogP contribution < -0.4 is 10.1 Å². The molecule has 5 nitrogen and oxygen atoms in total. The van der Waals surface area contributed by atoms with E-state index in [9.17, 15) is 4.39 Å². The second-order valence-electron chi connectivity index (χ2n) is 6.39. The molecule has 0 bridgehead atoms. The number of hydrogen-bond donors (Lipinski definition) is 1. The Balaban J connectivity index is 1.55. The minimum absolute atomic E-state index is 0.193. The van der Waals surface area contributed by atoms with Crippen LogP contribution in [-0.2, 0) is 11.3 Å². The molecule has 7 heteroatoms. The van der Waals surface area contributed by atoms with Crippen LogP contribution in [0.4, 0.5) is 4.39 Å². The molecular weight excluding hydrogens is 389 g/mol. The molecule has 0 radical (unpaired) electrons. The first kappa shape index (κ1) is 19.4. The Kier molecular flexibility index (Phi) is 6.09. The molecule has 0 atom stereocenters. The van der Waals surface area contributed by atoms with Gasteiger partial charge in [0.15, 0.2) is 11.6 Å². The van der Waals surface area contributed by atoms with Crippen molar-refractivity contribution in [3.8, 4) is 22.1 Å². The van der Waals surface area contributed by atoms with E-state index in [-0.39, 0.29) is 5.75 Å². The molecule has 1 aromatic carbocycles. The normalized spacial score (nSPS) is 11.1. The van der Waals surface area contributed by atoms with Gasteiger partial charge in [0, 0.05) is 38.7 Å².